The summed E-state index contributed by atoms with van der Waals surface area (Å²) < 4.78 is 23.6. The van der Waals surface area contributed by atoms with Crippen molar-refractivity contribution in [2.75, 3.05) is 13.7 Å². The molecule has 0 atom stereocenters. The Hall–Kier alpha value is -3.09. The first-order valence-electron chi connectivity index (χ1n) is 7.57. The van der Waals surface area contributed by atoms with Gasteiger partial charge in [0.15, 0.2) is 18.1 Å². The number of hydrogen-bond donors (Lipinski definition) is 2. The molecule has 0 saturated heterocycles. The SMILES string of the molecule is COc1cc(CNC(=O)Cc2cccc(F)c2)ccc1OCC(N)=O. The van der Waals surface area contributed by atoms with Crippen LogP contribution >= 0.6 is 0 Å². The Morgan fingerprint density at radius 2 is 1.92 bits per heavy atom. The third kappa shape index (κ3) is 5.80. The van der Waals surface area contributed by atoms with E-state index in [2.05, 4.69) is 5.32 Å². The fraction of sp³-hybridized carbons (Fsp3) is 0.222. The average Bonchev–Trinajstić information content (AvgIpc) is 2.58. The first kappa shape index (κ1) is 18.3. The van der Waals surface area contributed by atoms with Gasteiger partial charge in [-0.2, -0.15) is 0 Å². The zero-order valence-electron chi connectivity index (χ0n) is 13.8. The second-order valence-corrected chi connectivity index (χ2v) is 5.32. The van der Waals surface area contributed by atoms with Gasteiger partial charge < -0.3 is 20.5 Å². The predicted octanol–water partition coefficient (Wildman–Crippen LogP) is 1.56. The lowest BCUT2D eigenvalue weighted by atomic mass is 10.1. The molecule has 0 aliphatic carbocycles. The molecule has 2 aromatic carbocycles. The van der Waals surface area contributed by atoms with Crippen LogP contribution in [0.5, 0.6) is 11.5 Å². The maximum Gasteiger partial charge on any atom is 0.255 e. The van der Waals surface area contributed by atoms with Crippen molar-refractivity contribution in [2.45, 2.75) is 13.0 Å². The molecule has 0 bridgehead atoms. The van der Waals surface area contributed by atoms with Crippen LogP contribution in [0.25, 0.3) is 0 Å². The van der Waals surface area contributed by atoms with Crippen LogP contribution in [0.4, 0.5) is 4.39 Å². The van der Waals surface area contributed by atoms with Crippen molar-refractivity contribution in [3.63, 3.8) is 0 Å². The molecule has 0 heterocycles. The second kappa shape index (κ2) is 8.68. The van der Waals surface area contributed by atoms with E-state index in [0.717, 1.165) is 5.56 Å². The molecule has 0 radical (unpaired) electrons. The summed E-state index contributed by atoms with van der Waals surface area (Å²) in [6, 6.07) is 11.0. The number of halogens is 1. The summed E-state index contributed by atoms with van der Waals surface area (Å²) in [6.45, 7) is 0.0285. The normalized spacial score (nSPS) is 10.2. The fourth-order valence-electron chi connectivity index (χ4n) is 2.19. The van der Waals surface area contributed by atoms with Crippen LogP contribution in [0.1, 0.15) is 11.1 Å². The van der Waals surface area contributed by atoms with E-state index >= 15 is 0 Å². The van der Waals surface area contributed by atoms with E-state index in [1.54, 1.807) is 30.3 Å². The largest absolute Gasteiger partial charge is 0.493 e. The number of benzene rings is 2. The molecule has 2 rings (SSSR count). The minimum Gasteiger partial charge on any atom is -0.493 e. The molecule has 3 N–H and O–H groups in total. The summed E-state index contributed by atoms with van der Waals surface area (Å²) in [5, 5.41) is 2.76. The van der Waals surface area contributed by atoms with Gasteiger partial charge in [-0.15, -0.1) is 0 Å². The van der Waals surface area contributed by atoms with Gasteiger partial charge in [0.25, 0.3) is 5.91 Å². The standard InChI is InChI=1S/C18H19FN2O4/c1-24-16-8-13(5-6-15(16)25-11-17(20)22)10-21-18(23)9-12-3-2-4-14(19)7-12/h2-8H,9-11H2,1H3,(H2,20,22)(H,21,23). The molecular weight excluding hydrogens is 327 g/mol. The molecule has 0 spiro atoms. The van der Waals surface area contributed by atoms with Crippen LogP contribution in [0.2, 0.25) is 0 Å². The molecule has 0 unspecified atom stereocenters. The molecule has 2 amide bonds. The molecule has 0 aliphatic rings. The topological polar surface area (TPSA) is 90.7 Å². The molecule has 132 valence electrons. The van der Waals surface area contributed by atoms with E-state index in [9.17, 15) is 14.0 Å². The molecule has 25 heavy (non-hydrogen) atoms. The van der Waals surface area contributed by atoms with Crippen molar-refractivity contribution in [3.8, 4) is 11.5 Å². The predicted molar refractivity (Wildman–Crippen MR) is 89.6 cm³/mol. The number of carbonyl (C=O) groups excluding carboxylic acids is 2. The summed E-state index contributed by atoms with van der Waals surface area (Å²) >= 11 is 0. The molecule has 7 heteroatoms. The van der Waals surface area contributed by atoms with Crippen molar-refractivity contribution < 1.29 is 23.5 Å². The maximum atomic E-state index is 13.1. The van der Waals surface area contributed by atoms with Crippen molar-refractivity contribution in [1.29, 1.82) is 0 Å². The Labute approximate surface area is 144 Å². The average molecular weight is 346 g/mol. The van der Waals surface area contributed by atoms with Gasteiger partial charge in [-0.05, 0) is 35.4 Å². The Kier molecular flexibility index (Phi) is 6.33. The second-order valence-electron chi connectivity index (χ2n) is 5.32. The van der Waals surface area contributed by atoms with Crippen molar-refractivity contribution >= 4 is 11.8 Å². The lowest BCUT2D eigenvalue weighted by Gasteiger charge is -2.12. The van der Waals surface area contributed by atoms with E-state index in [1.165, 1.54) is 19.2 Å². The summed E-state index contributed by atoms with van der Waals surface area (Å²) in [7, 11) is 1.47. The van der Waals surface area contributed by atoms with Gasteiger partial charge in [-0.1, -0.05) is 18.2 Å². The van der Waals surface area contributed by atoms with E-state index in [4.69, 9.17) is 15.2 Å². The van der Waals surface area contributed by atoms with Gasteiger partial charge in [-0.3, -0.25) is 9.59 Å². The summed E-state index contributed by atoms with van der Waals surface area (Å²) in [5.74, 6) is -0.370. The Morgan fingerprint density at radius 3 is 2.60 bits per heavy atom. The minimum atomic E-state index is -0.587. The number of methoxy groups -OCH3 is 1. The Bertz CT molecular complexity index is 764. The first-order chi connectivity index (χ1) is 12.0. The Balaban J connectivity index is 1.93. The van der Waals surface area contributed by atoms with Gasteiger partial charge in [0.2, 0.25) is 5.91 Å². The van der Waals surface area contributed by atoms with E-state index in [1.807, 2.05) is 0 Å². The third-order valence-corrected chi connectivity index (χ3v) is 3.34. The molecular formula is C18H19FN2O4. The van der Waals surface area contributed by atoms with Gasteiger partial charge >= 0.3 is 0 Å². The minimum absolute atomic E-state index is 0.0920. The number of amides is 2. The van der Waals surface area contributed by atoms with E-state index < -0.39 is 5.91 Å². The number of nitrogens with two attached hydrogens (primary N) is 1. The van der Waals surface area contributed by atoms with Crippen LogP contribution < -0.4 is 20.5 Å². The number of primary amides is 1. The lowest BCUT2D eigenvalue weighted by molar-refractivity contribution is -0.121. The quantitative estimate of drug-likeness (QED) is 0.759. The lowest BCUT2D eigenvalue weighted by Crippen LogP contribution is -2.24. The highest BCUT2D eigenvalue weighted by Gasteiger charge is 2.09. The first-order valence-corrected chi connectivity index (χ1v) is 7.57. The highest BCUT2D eigenvalue weighted by Crippen LogP contribution is 2.28. The maximum absolute atomic E-state index is 13.1. The highest BCUT2D eigenvalue weighted by atomic mass is 19.1. The number of carbonyl (C=O) groups is 2. The molecule has 0 saturated carbocycles. The van der Waals surface area contributed by atoms with Gasteiger partial charge in [-0.25, -0.2) is 4.39 Å². The van der Waals surface area contributed by atoms with Crippen molar-refractivity contribution in [1.82, 2.24) is 5.32 Å². The molecule has 2 aromatic rings. The van der Waals surface area contributed by atoms with Crippen LogP contribution in [0.3, 0.4) is 0 Å². The number of nitrogens with one attached hydrogen (secondary N) is 1. The number of hydrogen-bond acceptors (Lipinski definition) is 4. The monoisotopic (exact) mass is 346 g/mol. The summed E-state index contributed by atoms with van der Waals surface area (Å²) in [5.41, 5.74) is 6.43. The fourth-order valence-corrected chi connectivity index (χ4v) is 2.19. The van der Waals surface area contributed by atoms with Gasteiger partial charge in [0.05, 0.1) is 13.5 Å². The van der Waals surface area contributed by atoms with Crippen LogP contribution in [0, 0.1) is 5.82 Å². The van der Waals surface area contributed by atoms with Crippen molar-refractivity contribution in [2.24, 2.45) is 5.73 Å². The van der Waals surface area contributed by atoms with Crippen molar-refractivity contribution in [3.05, 3.63) is 59.4 Å². The third-order valence-electron chi connectivity index (χ3n) is 3.34. The van der Waals surface area contributed by atoms with E-state index in [0.29, 0.717) is 17.1 Å². The molecule has 0 aromatic heterocycles. The van der Waals surface area contributed by atoms with Crippen LogP contribution in [-0.2, 0) is 22.6 Å². The number of rotatable bonds is 8. The highest BCUT2D eigenvalue weighted by molar-refractivity contribution is 5.78. The van der Waals surface area contributed by atoms with E-state index in [-0.39, 0.29) is 31.3 Å². The van der Waals surface area contributed by atoms with Gasteiger partial charge in [0, 0.05) is 6.54 Å². The number of ether oxygens (including phenoxy) is 2. The summed E-state index contributed by atoms with van der Waals surface area (Å²) in [4.78, 5) is 22.7. The zero-order valence-corrected chi connectivity index (χ0v) is 13.8. The molecule has 0 aliphatic heterocycles. The summed E-state index contributed by atoms with van der Waals surface area (Å²) in [6.07, 6.45) is 0.0920. The Morgan fingerprint density at radius 1 is 1.12 bits per heavy atom. The van der Waals surface area contributed by atoms with Crippen LogP contribution in [-0.4, -0.2) is 25.5 Å². The zero-order chi connectivity index (χ0) is 18.2. The molecule has 0 fully saturated rings. The smallest absolute Gasteiger partial charge is 0.255 e. The van der Waals surface area contributed by atoms with Crippen LogP contribution in [0.15, 0.2) is 42.5 Å². The molecule has 6 nitrogen and oxygen atoms in total. The van der Waals surface area contributed by atoms with Gasteiger partial charge in [0.1, 0.15) is 5.82 Å².